The van der Waals surface area contributed by atoms with Crippen LogP contribution in [0.4, 0.5) is 0 Å². The molecule has 0 aliphatic carbocycles. The number of nitrogens with zero attached hydrogens (tertiary/aromatic N) is 1. The Labute approximate surface area is 84.5 Å². The minimum atomic E-state index is -0.631. The summed E-state index contributed by atoms with van der Waals surface area (Å²) in [6.45, 7) is 3.42. The molecule has 1 N–H and O–H groups in total. The van der Waals surface area contributed by atoms with Gasteiger partial charge in [0.25, 0.3) is 0 Å². The second kappa shape index (κ2) is 4.29. The van der Waals surface area contributed by atoms with Gasteiger partial charge in [0.1, 0.15) is 0 Å². The molecular weight excluding hydrogens is 190 g/mol. The van der Waals surface area contributed by atoms with Crippen LogP contribution < -0.4 is 0 Å². The number of carboxylic acid groups (broad SMARTS) is 1. The summed E-state index contributed by atoms with van der Waals surface area (Å²) in [5, 5.41) is 8.68. The first-order chi connectivity index (χ1) is 5.75. The summed E-state index contributed by atoms with van der Waals surface area (Å²) in [5.74, 6) is 0.504. The number of carbonyl (C=O) groups is 1. The Hall–Kier alpha value is -0.280. The summed E-state index contributed by atoms with van der Waals surface area (Å²) < 4.78 is 0. The molecule has 0 aromatic heterocycles. The number of carboxylic acids is 1. The molecule has 0 radical (unpaired) electrons. The Balaban J connectivity index is 0.000000845. The van der Waals surface area contributed by atoms with Gasteiger partial charge in [0.15, 0.2) is 0 Å². The van der Waals surface area contributed by atoms with Crippen molar-refractivity contribution in [2.24, 2.45) is 11.8 Å². The molecule has 13 heavy (non-hydrogen) atoms. The minimum Gasteiger partial charge on any atom is -0.481 e. The van der Waals surface area contributed by atoms with Crippen molar-refractivity contribution in [3.05, 3.63) is 0 Å². The molecule has 0 aromatic rings. The second-order valence-electron chi connectivity index (χ2n) is 4.00. The van der Waals surface area contributed by atoms with Crippen LogP contribution in [0, 0.1) is 11.8 Å². The topological polar surface area (TPSA) is 40.5 Å². The molecule has 1 atom stereocenters. The van der Waals surface area contributed by atoms with E-state index < -0.39 is 5.97 Å². The number of hydrogen-bond donors (Lipinski definition) is 1. The highest BCUT2D eigenvalue weighted by Gasteiger charge is 2.34. The van der Waals surface area contributed by atoms with Gasteiger partial charge in [0, 0.05) is 13.0 Å². The lowest BCUT2D eigenvalue weighted by Crippen LogP contribution is -2.47. The SMILES string of the molecule is Cl.O=C(O)CC1CN2CCC1CC2. The first kappa shape index (κ1) is 10.8. The van der Waals surface area contributed by atoms with Crippen molar-refractivity contribution in [3.63, 3.8) is 0 Å². The Morgan fingerprint density at radius 2 is 2.00 bits per heavy atom. The molecule has 4 heteroatoms. The lowest BCUT2D eigenvalue weighted by atomic mass is 9.77. The zero-order chi connectivity index (χ0) is 8.55. The van der Waals surface area contributed by atoms with Crippen LogP contribution in [0.5, 0.6) is 0 Å². The van der Waals surface area contributed by atoms with Crippen LogP contribution in [0.25, 0.3) is 0 Å². The van der Waals surface area contributed by atoms with Gasteiger partial charge in [-0.15, -0.1) is 12.4 Å². The summed E-state index contributed by atoms with van der Waals surface area (Å²) in [5.41, 5.74) is 0. The van der Waals surface area contributed by atoms with Crippen molar-refractivity contribution in [2.75, 3.05) is 19.6 Å². The maximum Gasteiger partial charge on any atom is 0.303 e. The van der Waals surface area contributed by atoms with E-state index in [0.29, 0.717) is 18.3 Å². The van der Waals surface area contributed by atoms with Crippen molar-refractivity contribution < 1.29 is 9.90 Å². The third-order valence-electron chi connectivity index (χ3n) is 3.23. The summed E-state index contributed by atoms with van der Waals surface area (Å²) in [6.07, 6.45) is 2.82. The van der Waals surface area contributed by atoms with Gasteiger partial charge in [-0.25, -0.2) is 0 Å². The Morgan fingerprint density at radius 1 is 1.38 bits per heavy atom. The fourth-order valence-electron chi connectivity index (χ4n) is 2.54. The van der Waals surface area contributed by atoms with Gasteiger partial charge < -0.3 is 10.0 Å². The van der Waals surface area contributed by atoms with E-state index in [1.807, 2.05) is 0 Å². The standard InChI is InChI=1S/C9H15NO2.ClH/c11-9(12)5-8-6-10-3-1-7(8)2-4-10;/h7-8H,1-6H2,(H,11,12);1H. The fraction of sp³-hybridized carbons (Fsp3) is 0.889. The Kier molecular flexibility index (Phi) is 3.56. The van der Waals surface area contributed by atoms with Crippen LogP contribution in [0.1, 0.15) is 19.3 Å². The molecule has 0 amide bonds. The first-order valence-electron chi connectivity index (χ1n) is 4.70. The van der Waals surface area contributed by atoms with Crippen LogP contribution >= 0.6 is 12.4 Å². The third-order valence-corrected chi connectivity index (χ3v) is 3.23. The van der Waals surface area contributed by atoms with Crippen LogP contribution in [0.3, 0.4) is 0 Å². The lowest BCUT2D eigenvalue weighted by Gasteiger charge is -2.44. The monoisotopic (exact) mass is 205 g/mol. The normalized spacial score (nSPS) is 36.8. The predicted octanol–water partition coefficient (Wildman–Crippen LogP) is 1.22. The van der Waals surface area contributed by atoms with Gasteiger partial charge in [-0.2, -0.15) is 0 Å². The molecule has 3 heterocycles. The molecule has 3 aliphatic heterocycles. The molecule has 3 aliphatic rings. The Morgan fingerprint density at radius 3 is 2.38 bits per heavy atom. The zero-order valence-electron chi connectivity index (χ0n) is 7.61. The smallest absolute Gasteiger partial charge is 0.303 e. The number of piperidine rings is 3. The molecule has 0 saturated carbocycles. The largest absolute Gasteiger partial charge is 0.481 e. The molecule has 76 valence electrons. The third kappa shape index (κ3) is 2.35. The highest BCUT2D eigenvalue weighted by molar-refractivity contribution is 5.85. The van der Waals surface area contributed by atoms with Crippen molar-refractivity contribution >= 4 is 18.4 Å². The number of fused-ring (bicyclic) bond motifs is 3. The van der Waals surface area contributed by atoms with E-state index >= 15 is 0 Å². The van der Waals surface area contributed by atoms with Gasteiger partial charge in [0.2, 0.25) is 0 Å². The highest BCUT2D eigenvalue weighted by atomic mass is 35.5. The fourth-order valence-corrected chi connectivity index (χ4v) is 2.54. The molecule has 3 nitrogen and oxygen atoms in total. The van der Waals surface area contributed by atoms with Crippen molar-refractivity contribution in [3.8, 4) is 0 Å². The van der Waals surface area contributed by atoms with Crippen LogP contribution in [0.2, 0.25) is 0 Å². The van der Waals surface area contributed by atoms with Gasteiger partial charge in [-0.1, -0.05) is 0 Å². The minimum absolute atomic E-state index is 0. The summed E-state index contributed by atoms with van der Waals surface area (Å²) in [6, 6.07) is 0. The molecule has 2 bridgehead atoms. The number of aliphatic carboxylic acids is 1. The van der Waals surface area contributed by atoms with Gasteiger partial charge >= 0.3 is 5.97 Å². The molecule has 3 fully saturated rings. The Bertz CT molecular complexity index is 190. The number of halogens is 1. The van der Waals surface area contributed by atoms with E-state index in [9.17, 15) is 4.79 Å². The van der Waals surface area contributed by atoms with Crippen LogP contribution in [-0.2, 0) is 4.79 Å². The quantitative estimate of drug-likeness (QED) is 0.737. The van der Waals surface area contributed by atoms with Crippen molar-refractivity contribution in [1.29, 1.82) is 0 Å². The van der Waals surface area contributed by atoms with Gasteiger partial charge in [0.05, 0.1) is 0 Å². The van der Waals surface area contributed by atoms with E-state index in [-0.39, 0.29) is 12.4 Å². The number of hydrogen-bond acceptors (Lipinski definition) is 2. The molecule has 3 saturated heterocycles. The van der Waals surface area contributed by atoms with Crippen molar-refractivity contribution in [2.45, 2.75) is 19.3 Å². The maximum atomic E-state index is 10.5. The van der Waals surface area contributed by atoms with Gasteiger partial charge in [-0.3, -0.25) is 4.79 Å². The van der Waals surface area contributed by atoms with E-state index in [0.717, 1.165) is 6.54 Å². The summed E-state index contributed by atoms with van der Waals surface area (Å²) in [4.78, 5) is 12.9. The molecular formula is C9H16ClNO2. The van der Waals surface area contributed by atoms with E-state index in [1.165, 1.54) is 25.9 Å². The average Bonchev–Trinajstić information content (AvgIpc) is 2.05. The summed E-state index contributed by atoms with van der Waals surface area (Å²) in [7, 11) is 0. The molecule has 3 rings (SSSR count). The van der Waals surface area contributed by atoms with Crippen molar-refractivity contribution in [1.82, 2.24) is 4.90 Å². The molecule has 1 unspecified atom stereocenters. The predicted molar refractivity (Wildman–Crippen MR) is 52.2 cm³/mol. The van der Waals surface area contributed by atoms with Gasteiger partial charge in [-0.05, 0) is 37.8 Å². The van der Waals surface area contributed by atoms with Crippen LogP contribution in [0.15, 0.2) is 0 Å². The van der Waals surface area contributed by atoms with Crippen LogP contribution in [-0.4, -0.2) is 35.6 Å². The first-order valence-corrected chi connectivity index (χ1v) is 4.70. The zero-order valence-corrected chi connectivity index (χ0v) is 8.42. The maximum absolute atomic E-state index is 10.5. The molecule has 0 aromatic carbocycles. The van der Waals surface area contributed by atoms with E-state index in [4.69, 9.17) is 5.11 Å². The van der Waals surface area contributed by atoms with E-state index in [2.05, 4.69) is 4.90 Å². The highest BCUT2D eigenvalue weighted by Crippen LogP contribution is 2.33. The summed E-state index contributed by atoms with van der Waals surface area (Å²) >= 11 is 0. The second-order valence-corrected chi connectivity index (χ2v) is 4.00. The molecule has 0 spiro atoms. The van der Waals surface area contributed by atoms with E-state index in [1.54, 1.807) is 0 Å². The average molecular weight is 206 g/mol. The lowest BCUT2D eigenvalue weighted by molar-refractivity contribution is -0.139. The number of rotatable bonds is 2.